The monoisotopic (exact) mass is 304 g/mol. The third-order valence-corrected chi connectivity index (χ3v) is 3.45. The number of nitrogens with zero attached hydrogens (tertiary/aromatic N) is 3. The number of benzene rings is 1. The molecule has 2 N–H and O–H groups in total. The van der Waals surface area contributed by atoms with Gasteiger partial charge in [0.15, 0.2) is 5.82 Å². The molecule has 0 aliphatic carbocycles. The number of aromatic nitrogens is 1. The SMILES string of the molecule is CN(C)CCCN(c1ccc(Cl)cc1)c1ncccc1N. The highest BCUT2D eigenvalue weighted by Gasteiger charge is 2.13. The van der Waals surface area contributed by atoms with Crippen molar-refractivity contribution in [2.45, 2.75) is 6.42 Å². The van der Waals surface area contributed by atoms with Crippen LogP contribution in [0.5, 0.6) is 0 Å². The summed E-state index contributed by atoms with van der Waals surface area (Å²) in [6.45, 7) is 1.86. The van der Waals surface area contributed by atoms with Gasteiger partial charge in [-0.1, -0.05) is 11.6 Å². The average molecular weight is 305 g/mol. The Hall–Kier alpha value is -1.78. The van der Waals surface area contributed by atoms with Crippen LogP contribution in [0, 0.1) is 0 Å². The van der Waals surface area contributed by atoms with E-state index in [4.69, 9.17) is 17.3 Å². The number of nitrogens with two attached hydrogens (primary N) is 1. The van der Waals surface area contributed by atoms with E-state index in [1.54, 1.807) is 6.20 Å². The number of pyridine rings is 1. The number of halogens is 1. The van der Waals surface area contributed by atoms with Gasteiger partial charge in [0, 0.05) is 23.5 Å². The molecule has 0 aliphatic rings. The van der Waals surface area contributed by atoms with Crippen LogP contribution in [0.1, 0.15) is 6.42 Å². The summed E-state index contributed by atoms with van der Waals surface area (Å²) in [4.78, 5) is 8.73. The van der Waals surface area contributed by atoms with Gasteiger partial charge in [-0.3, -0.25) is 0 Å². The van der Waals surface area contributed by atoms with Crippen LogP contribution < -0.4 is 10.6 Å². The van der Waals surface area contributed by atoms with Crippen LogP contribution >= 0.6 is 11.6 Å². The molecular formula is C16H21ClN4. The first kappa shape index (κ1) is 15.6. The summed E-state index contributed by atoms with van der Waals surface area (Å²) >= 11 is 5.97. The molecule has 0 amide bonds. The van der Waals surface area contributed by atoms with E-state index in [1.807, 2.05) is 36.4 Å². The van der Waals surface area contributed by atoms with Crippen molar-refractivity contribution in [2.75, 3.05) is 37.8 Å². The molecular weight excluding hydrogens is 284 g/mol. The maximum atomic E-state index is 6.08. The Labute approximate surface area is 131 Å². The lowest BCUT2D eigenvalue weighted by atomic mass is 10.2. The van der Waals surface area contributed by atoms with E-state index in [-0.39, 0.29) is 0 Å². The number of anilines is 3. The Balaban J connectivity index is 2.26. The van der Waals surface area contributed by atoms with Crippen molar-refractivity contribution in [2.24, 2.45) is 0 Å². The maximum absolute atomic E-state index is 6.08. The maximum Gasteiger partial charge on any atom is 0.156 e. The molecule has 21 heavy (non-hydrogen) atoms. The van der Waals surface area contributed by atoms with Crippen molar-refractivity contribution in [3.05, 3.63) is 47.6 Å². The van der Waals surface area contributed by atoms with Crippen LogP contribution in [-0.4, -0.2) is 37.1 Å². The molecule has 0 aliphatic heterocycles. The van der Waals surface area contributed by atoms with Crippen LogP contribution in [0.3, 0.4) is 0 Å². The Morgan fingerprint density at radius 2 is 1.81 bits per heavy atom. The third kappa shape index (κ3) is 4.34. The lowest BCUT2D eigenvalue weighted by molar-refractivity contribution is 0.402. The number of hydrogen-bond donors (Lipinski definition) is 1. The fourth-order valence-electron chi connectivity index (χ4n) is 2.16. The Kier molecular flexibility index (Phi) is 5.42. The molecule has 0 saturated heterocycles. The first-order valence-electron chi connectivity index (χ1n) is 6.96. The second-order valence-electron chi connectivity index (χ2n) is 5.20. The number of rotatable bonds is 6. The van der Waals surface area contributed by atoms with Gasteiger partial charge in [-0.05, 0) is 63.5 Å². The van der Waals surface area contributed by atoms with Gasteiger partial charge in [-0.25, -0.2) is 4.98 Å². The molecule has 0 fully saturated rings. The second kappa shape index (κ2) is 7.29. The predicted octanol–water partition coefficient (Wildman–Crippen LogP) is 3.41. The molecule has 0 radical (unpaired) electrons. The summed E-state index contributed by atoms with van der Waals surface area (Å²) < 4.78 is 0. The van der Waals surface area contributed by atoms with Gasteiger partial charge in [0.25, 0.3) is 0 Å². The number of nitrogen functional groups attached to an aromatic ring is 1. The van der Waals surface area contributed by atoms with Gasteiger partial charge in [0.2, 0.25) is 0 Å². The summed E-state index contributed by atoms with van der Waals surface area (Å²) in [5.74, 6) is 0.790. The molecule has 2 aromatic rings. The van der Waals surface area contributed by atoms with E-state index in [9.17, 15) is 0 Å². The van der Waals surface area contributed by atoms with Gasteiger partial charge in [-0.15, -0.1) is 0 Å². The lowest BCUT2D eigenvalue weighted by Crippen LogP contribution is -2.24. The van der Waals surface area contributed by atoms with Crippen molar-refractivity contribution in [1.82, 2.24) is 9.88 Å². The van der Waals surface area contributed by atoms with E-state index in [2.05, 4.69) is 28.9 Å². The van der Waals surface area contributed by atoms with Gasteiger partial charge in [-0.2, -0.15) is 0 Å². The topological polar surface area (TPSA) is 45.4 Å². The molecule has 0 atom stereocenters. The summed E-state index contributed by atoms with van der Waals surface area (Å²) in [6.07, 6.45) is 2.78. The minimum Gasteiger partial charge on any atom is -0.396 e. The van der Waals surface area contributed by atoms with Gasteiger partial charge >= 0.3 is 0 Å². The number of hydrogen-bond acceptors (Lipinski definition) is 4. The largest absolute Gasteiger partial charge is 0.396 e. The highest BCUT2D eigenvalue weighted by molar-refractivity contribution is 6.30. The molecule has 0 unspecified atom stereocenters. The predicted molar refractivity (Wildman–Crippen MR) is 90.3 cm³/mol. The van der Waals surface area contributed by atoms with Crippen molar-refractivity contribution < 1.29 is 0 Å². The minimum atomic E-state index is 0.678. The van der Waals surface area contributed by atoms with Crippen LogP contribution in [0.2, 0.25) is 5.02 Å². The third-order valence-electron chi connectivity index (χ3n) is 3.20. The van der Waals surface area contributed by atoms with E-state index in [0.717, 1.165) is 36.0 Å². The molecule has 0 spiro atoms. The molecule has 1 heterocycles. The van der Waals surface area contributed by atoms with E-state index in [0.29, 0.717) is 5.69 Å². The van der Waals surface area contributed by atoms with Crippen LogP contribution in [0.4, 0.5) is 17.2 Å². The molecule has 0 saturated carbocycles. The van der Waals surface area contributed by atoms with Crippen LogP contribution in [0.15, 0.2) is 42.6 Å². The van der Waals surface area contributed by atoms with Gasteiger partial charge in [0.05, 0.1) is 5.69 Å². The Morgan fingerprint density at radius 3 is 2.43 bits per heavy atom. The standard InChI is InChI=1S/C16H21ClN4/c1-20(2)11-4-12-21(14-8-6-13(17)7-9-14)16-15(18)5-3-10-19-16/h3,5-10H,4,11-12,18H2,1-2H3. The van der Waals surface area contributed by atoms with E-state index in [1.165, 1.54) is 0 Å². The zero-order valence-electron chi connectivity index (χ0n) is 12.5. The lowest BCUT2D eigenvalue weighted by Gasteiger charge is -2.25. The van der Waals surface area contributed by atoms with Gasteiger partial charge < -0.3 is 15.5 Å². The summed E-state index contributed by atoms with van der Waals surface area (Å²) in [5.41, 5.74) is 7.80. The summed E-state index contributed by atoms with van der Waals surface area (Å²) in [5, 5.41) is 0.723. The minimum absolute atomic E-state index is 0.678. The first-order valence-corrected chi connectivity index (χ1v) is 7.34. The second-order valence-corrected chi connectivity index (χ2v) is 5.64. The fraction of sp³-hybridized carbons (Fsp3) is 0.312. The fourth-order valence-corrected chi connectivity index (χ4v) is 2.28. The van der Waals surface area contributed by atoms with Crippen molar-refractivity contribution in [1.29, 1.82) is 0 Å². The van der Waals surface area contributed by atoms with E-state index >= 15 is 0 Å². The van der Waals surface area contributed by atoms with Crippen molar-refractivity contribution in [3.63, 3.8) is 0 Å². The van der Waals surface area contributed by atoms with Crippen molar-refractivity contribution in [3.8, 4) is 0 Å². The highest BCUT2D eigenvalue weighted by atomic mass is 35.5. The average Bonchev–Trinajstić information content (AvgIpc) is 2.46. The normalized spacial score (nSPS) is 10.9. The highest BCUT2D eigenvalue weighted by Crippen LogP contribution is 2.29. The molecule has 1 aromatic carbocycles. The molecule has 4 nitrogen and oxygen atoms in total. The molecule has 112 valence electrons. The quantitative estimate of drug-likeness (QED) is 0.888. The molecule has 0 bridgehead atoms. The van der Waals surface area contributed by atoms with E-state index < -0.39 is 0 Å². The molecule has 2 rings (SSSR count). The molecule has 5 heteroatoms. The zero-order chi connectivity index (χ0) is 15.2. The Bertz CT molecular complexity index is 569. The zero-order valence-corrected chi connectivity index (χ0v) is 13.2. The molecule has 1 aromatic heterocycles. The van der Waals surface area contributed by atoms with Crippen LogP contribution in [0.25, 0.3) is 0 Å². The van der Waals surface area contributed by atoms with Crippen molar-refractivity contribution >= 4 is 28.8 Å². The summed E-state index contributed by atoms with van der Waals surface area (Å²) in [7, 11) is 4.14. The summed E-state index contributed by atoms with van der Waals surface area (Å²) in [6, 6.07) is 11.5. The first-order chi connectivity index (χ1) is 10.1. The van der Waals surface area contributed by atoms with Crippen LogP contribution in [-0.2, 0) is 0 Å². The van der Waals surface area contributed by atoms with Gasteiger partial charge in [0.1, 0.15) is 0 Å². The Morgan fingerprint density at radius 1 is 1.10 bits per heavy atom. The smallest absolute Gasteiger partial charge is 0.156 e.